The van der Waals surface area contributed by atoms with Gasteiger partial charge < -0.3 is 9.30 Å². The number of amides is 1. The van der Waals surface area contributed by atoms with E-state index in [1.807, 2.05) is 24.3 Å². The largest absolute Gasteiger partial charge is 0.484 e. The number of thiazole rings is 1. The number of benzene rings is 2. The Labute approximate surface area is 178 Å². The minimum Gasteiger partial charge on any atom is -0.484 e. The Morgan fingerprint density at radius 3 is 2.57 bits per heavy atom. The summed E-state index contributed by atoms with van der Waals surface area (Å²) in [7, 11) is -3.84. The van der Waals surface area contributed by atoms with Crippen molar-refractivity contribution in [1.82, 2.24) is 4.57 Å². The van der Waals surface area contributed by atoms with Crippen LogP contribution in [0.4, 0.5) is 0 Å². The summed E-state index contributed by atoms with van der Waals surface area (Å²) in [5, 5.41) is 5.20. The van der Waals surface area contributed by atoms with Crippen LogP contribution in [-0.4, -0.2) is 25.5 Å². The SMILES string of the molecule is C#CCn1c(=NC(=O)COc2ccc(C(C)C)cc2)sc2cc(S(N)(=O)=O)ccc21. The molecule has 0 unspecified atom stereocenters. The minimum absolute atomic E-state index is 0.0184. The number of aromatic nitrogens is 1. The van der Waals surface area contributed by atoms with Gasteiger partial charge in [-0.1, -0.05) is 43.2 Å². The van der Waals surface area contributed by atoms with Gasteiger partial charge in [-0.25, -0.2) is 13.6 Å². The molecule has 0 bridgehead atoms. The molecule has 0 saturated heterocycles. The predicted octanol–water partition coefficient (Wildman–Crippen LogP) is 2.61. The van der Waals surface area contributed by atoms with Crippen molar-refractivity contribution < 1.29 is 17.9 Å². The van der Waals surface area contributed by atoms with Crippen LogP contribution in [0.2, 0.25) is 0 Å². The maximum absolute atomic E-state index is 12.4. The third kappa shape index (κ3) is 4.97. The van der Waals surface area contributed by atoms with Gasteiger partial charge in [0.15, 0.2) is 11.4 Å². The second-order valence-electron chi connectivity index (χ2n) is 6.87. The molecule has 1 aromatic heterocycles. The predicted molar refractivity (Wildman–Crippen MR) is 117 cm³/mol. The summed E-state index contributed by atoms with van der Waals surface area (Å²) in [6.07, 6.45) is 5.44. The van der Waals surface area contributed by atoms with Crippen LogP contribution in [0.3, 0.4) is 0 Å². The van der Waals surface area contributed by atoms with E-state index in [0.29, 0.717) is 26.7 Å². The number of terminal acetylenes is 1. The maximum Gasteiger partial charge on any atom is 0.286 e. The lowest BCUT2D eigenvalue weighted by Gasteiger charge is -2.07. The Balaban J connectivity index is 1.87. The number of primary sulfonamides is 1. The van der Waals surface area contributed by atoms with E-state index < -0.39 is 15.9 Å². The van der Waals surface area contributed by atoms with Crippen LogP contribution in [0.5, 0.6) is 5.75 Å². The van der Waals surface area contributed by atoms with Crippen LogP contribution in [-0.2, 0) is 21.4 Å². The Morgan fingerprint density at radius 1 is 1.27 bits per heavy atom. The molecule has 0 aliphatic carbocycles. The highest BCUT2D eigenvalue weighted by Crippen LogP contribution is 2.21. The highest BCUT2D eigenvalue weighted by Gasteiger charge is 2.13. The van der Waals surface area contributed by atoms with Crippen molar-refractivity contribution in [3.8, 4) is 18.1 Å². The number of carbonyl (C=O) groups is 1. The molecule has 3 aromatic rings. The average Bonchev–Trinajstić information content (AvgIpc) is 3.02. The summed E-state index contributed by atoms with van der Waals surface area (Å²) in [5.74, 6) is 3.02. The highest BCUT2D eigenvalue weighted by molar-refractivity contribution is 7.89. The molecule has 0 fully saturated rings. The molecular weight excluding hydrogens is 422 g/mol. The molecule has 30 heavy (non-hydrogen) atoms. The average molecular weight is 444 g/mol. The molecule has 2 N–H and O–H groups in total. The quantitative estimate of drug-likeness (QED) is 0.591. The van der Waals surface area contributed by atoms with Crippen molar-refractivity contribution in [3.63, 3.8) is 0 Å². The van der Waals surface area contributed by atoms with Crippen LogP contribution in [0, 0.1) is 12.3 Å². The maximum atomic E-state index is 12.4. The molecule has 0 spiro atoms. The highest BCUT2D eigenvalue weighted by atomic mass is 32.2. The van der Waals surface area contributed by atoms with Gasteiger partial charge in [-0.3, -0.25) is 4.79 Å². The molecule has 0 aliphatic rings. The first-order valence-electron chi connectivity index (χ1n) is 9.09. The van der Waals surface area contributed by atoms with Crippen LogP contribution in [0.1, 0.15) is 25.3 Å². The summed E-state index contributed by atoms with van der Waals surface area (Å²) in [4.78, 5) is 16.8. The standard InChI is InChI=1S/C21H21N3O4S2/c1-4-11-24-18-10-9-17(30(22,26)27)12-19(18)29-21(24)23-20(25)13-28-16-7-5-15(6-8-16)14(2)3/h1,5-10,12,14H,11,13H2,2-3H3,(H2,22,26,27). The molecule has 156 valence electrons. The Bertz CT molecular complexity index is 1290. The first-order chi connectivity index (χ1) is 14.2. The summed E-state index contributed by atoms with van der Waals surface area (Å²) in [6.45, 7) is 4.15. The number of hydrogen-bond donors (Lipinski definition) is 1. The number of rotatable bonds is 6. The van der Waals surface area contributed by atoms with Crippen molar-refractivity contribution in [2.45, 2.75) is 31.2 Å². The minimum atomic E-state index is -3.84. The Hall–Kier alpha value is -2.93. The topological polar surface area (TPSA) is 104 Å². The normalized spacial score (nSPS) is 12.3. The molecule has 0 aliphatic heterocycles. The molecule has 0 saturated carbocycles. The summed E-state index contributed by atoms with van der Waals surface area (Å²) >= 11 is 1.15. The van der Waals surface area contributed by atoms with Gasteiger partial charge in [0.25, 0.3) is 5.91 Å². The Kier molecular flexibility index (Phi) is 6.41. The van der Waals surface area contributed by atoms with Gasteiger partial charge in [-0.2, -0.15) is 4.99 Å². The zero-order chi connectivity index (χ0) is 21.9. The number of carbonyl (C=O) groups excluding carboxylic acids is 1. The fraction of sp³-hybridized carbons (Fsp3) is 0.238. The zero-order valence-electron chi connectivity index (χ0n) is 16.5. The van der Waals surface area contributed by atoms with E-state index in [-0.39, 0.29) is 18.0 Å². The van der Waals surface area contributed by atoms with Crippen molar-refractivity contribution in [3.05, 3.63) is 52.8 Å². The van der Waals surface area contributed by atoms with Crippen molar-refractivity contribution in [2.75, 3.05) is 6.61 Å². The lowest BCUT2D eigenvalue weighted by atomic mass is 10.0. The monoisotopic (exact) mass is 443 g/mol. The van der Waals surface area contributed by atoms with E-state index in [1.165, 1.54) is 17.7 Å². The van der Waals surface area contributed by atoms with Gasteiger partial charge in [0, 0.05) is 0 Å². The van der Waals surface area contributed by atoms with E-state index in [9.17, 15) is 13.2 Å². The van der Waals surface area contributed by atoms with Crippen molar-refractivity contribution >= 4 is 37.5 Å². The lowest BCUT2D eigenvalue weighted by molar-refractivity contribution is -0.120. The fourth-order valence-electron chi connectivity index (χ4n) is 2.79. The van der Waals surface area contributed by atoms with Gasteiger partial charge in [0.2, 0.25) is 10.0 Å². The second kappa shape index (κ2) is 8.83. The number of sulfonamides is 1. The van der Waals surface area contributed by atoms with Gasteiger partial charge in [-0.05, 0) is 41.8 Å². The van der Waals surface area contributed by atoms with Crippen LogP contribution in [0.25, 0.3) is 10.2 Å². The fourth-order valence-corrected chi connectivity index (χ4v) is 4.49. The number of nitrogens with zero attached hydrogens (tertiary/aromatic N) is 2. The van der Waals surface area contributed by atoms with Crippen molar-refractivity contribution in [1.29, 1.82) is 0 Å². The van der Waals surface area contributed by atoms with E-state index in [1.54, 1.807) is 10.6 Å². The molecule has 0 radical (unpaired) electrons. The van der Waals surface area contributed by atoms with E-state index in [0.717, 1.165) is 11.3 Å². The zero-order valence-corrected chi connectivity index (χ0v) is 18.2. The van der Waals surface area contributed by atoms with Gasteiger partial charge in [-0.15, -0.1) is 6.42 Å². The third-order valence-electron chi connectivity index (χ3n) is 4.36. The number of hydrogen-bond acceptors (Lipinski definition) is 5. The van der Waals surface area contributed by atoms with E-state index >= 15 is 0 Å². The lowest BCUT2D eigenvalue weighted by Crippen LogP contribution is -2.19. The molecule has 2 aromatic carbocycles. The van der Waals surface area contributed by atoms with E-state index in [2.05, 4.69) is 24.8 Å². The Morgan fingerprint density at radius 2 is 1.97 bits per heavy atom. The number of ether oxygens (including phenoxy) is 1. The summed E-state index contributed by atoms with van der Waals surface area (Å²) < 4.78 is 31.0. The van der Waals surface area contributed by atoms with Gasteiger partial charge >= 0.3 is 0 Å². The first kappa shape index (κ1) is 21.8. The smallest absolute Gasteiger partial charge is 0.286 e. The molecule has 9 heteroatoms. The van der Waals surface area contributed by atoms with Crippen LogP contribution in [0.15, 0.2) is 52.4 Å². The molecule has 1 amide bonds. The molecule has 7 nitrogen and oxygen atoms in total. The first-order valence-corrected chi connectivity index (χ1v) is 11.5. The summed E-state index contributed by atoms with van der Waals surface area (Å²) in [5.41, 5.74) is 1.85. The molecular formula is C21H21N3O4S2. The van der Waals surface area contributed by atoms with E-state index in [4.69, 9.17) is 16.3 Å². The van der Waals surface area contributed by atoms with Gasteiger partial charge in [0.05, 0.1) is 21.7 Å². The van der Waals surface area contributed by atoms with Crippen LogP contribution < -0.4 is 14.7 Å². The number of nitrogens with two attached hydrogens (primary N) is 1. The van der Waals surface area contributed by atoms with Gasteiger partial charge in [0.1, 0.15) is 5.75 Å². The number of fused-ring (bicyclic) bond motifs is 1. The second-order valence-corrected chi connectivity index (χ2v) is 9.44. The molecule has 3 rings (SSSR count). The molecule has 1 heterocycles. The third-order valence-corrected chi connectivity index (χ3v) is 6.31. The molecule has 0 atom stereocenters. The van der Waals surface area contributed by atoms with Crippen molar-refractivity contribution in [2.24, 2.45) is 10.1 Å². The van der Waals surface area contributed by atoms with Crippen LogP contribution >= 0.6 is 11.3 Å². The summed E-state index contributed by atoms with van der Waals surface area (Å²) in [6, 6.07) is 12.0.